The number of carbonyl (C=O) groups is 1. The van der Waals surface area contributed by atoms with Gasteiger partial charge in [0.15, 0.2) is 5.96 Å². The minimum Gasteiger partial charge on any atom is -0.489 e. The number of hydrogen-bond donors (Lipinski definition) is 3. The molecule has 2 rings (SSSR count). The molecule has 4 N–H and O–H groups in total. The predicted molar refractivity (Wildman–Crippen MR) is 124 cm³/mol. The number of amides is 1. The fourth-order valence-corrected chi connectivity index (χ4v) is 2.40. The van der Waals surface area contributed by atoms with Crippen molar-refractivity contribution in [3.05, 3.63) is 77.9 Å². The summed E-state index contributed by atoms with van der Waals surface area (Å²) in [5.74, 6) is 1.09. The minimum atomic E-state index is -0.433. The number of benzene rings is 2. The molecule has 6 nitrogen and oxygen atoms in total. The summed E-state index contributed by atoms with van der Waals surface area (Å²) in [6.45, 7) is 7.98. The van der Waals surface area contributed by atoms with Gasteiger partial charge in [0.2, 0.25) is 5.91 Å². The molecule has 28 heavy (non-hydrogen) atoms. The number of guanidine groups is 1. The first-order chi connectivity index (χ1) is 13.1. The molecule has 2 aromatic carbocycles. The van der Waals surface area contributed by atoms with Crippen LogP contribution in [0.1, 0.15) is 28.4 Å². The molecule has 0 saturated carbocycles. The summed E-state index contributed by atoms with van der Waals surface area (Å²) >= 11 is 0. The number of carbonyl (C=O) groups excluding carboxylic acids is 1. The Morgan fingerprint density at radius 2 is 1.89 bits per heavy atom. The monoisotopic (exact) mass is 494 g/mol. The second kappa shape index (κ2) is 12.8. The summed E-state index contributed by atoms with van der Waals surface area (Å²) in [7, 11) is 0. The Bertz CT molecular complexity index is 791. The van der Waals surface area contributed by atoms with Crippen LogP contribution in [0.15, 0.2) is 66.2 Å². The summed E-state index contributed by atoms with van der Waals surface area (Å²) in [4.78, 5) is 15.7. The van der Waals surface area contributed by atoms with E-state index in [1.807, 2.05) is 43.3 Å². The molecule has 0 radical (unpaired) electrons. The minimum absolute atomic E-state index is 0. The first-order valence-electron chi connectivity index (χ1n) is 8.86. The van der Waals surface area contributed by atoms with Crippen molar-refractivity contribution in [1.29, 1.82) is 0 Å². The summed E-state index contributed by atoms with van der Waals surface area (Å²) in [6.07, 6.45) is 1.72. The lowest BCUT2D eigenvalue weighted by Gasteiger charge is -2.14. The maximum Gasteiger partial charge on any atom is 0.248 e. The van der Waals surface area contributed by atoms with E-state index in [0.717, 1.165) is 23.4 Å². The zero-order valence-corrected chi connectivity index (χ0v) is 18.3. The quantitative estimate of drug-likeness (QED) is 0.216. The van der Waals surface area contributed by atoms with E-state index < -0.39 is 5.91 Å². The number of nitrogens with zero attached hydrogens (tertiary/aromatic N) is 1. The van der Waals surface area contributed by atoms with Crippen LogP contribution in [0.3, 0.4) is 0 Å². The summed E-state index contributed by atoms with van der Waals surface area (Å²) in [6, 6.07) is 15.0. The Morgan fingerprint density at radius 1 is 1.18 bits per heavy atom. The topological polar surface area (TPSA) is 88.7 Å². The molecule has 0 aliphatic heterocycles. The molecule has 0 aliphatic rings. The van der Waals surface area contributed by atoms with Crippen molar-refractivity contribution in [3.8, 4) is 5.75 Å². The molecule has 0 aliphatic carbocycles. The normalized spacial score (nSPS) is 10.5. The van der Waals surface area contributed by atoms with Gasteiger partial charge >= 0.3 is 0 Å². The first kappa shape index (κ1) is 23.5. The number of primary amides is 1. The van der Waals surface area contributed by atoms with Crippen LogP contribution in [0.5, 0.6) is 5.75 Å². The number of para-hydroxylation sites is 1. The molecule has 0 unspecified atom stereocenters. The van der Waals surface area contributed by atoms with E-state index >= 15 is 0 Å². The van der Waals surface area contributed by atoms with Gasteiger partial charge in [-0.2, -0.15) is 0 Å². The molecule has 0 spiro atoms. The average Bonchev–Trinajstić information content (AvgIpc) is 2.69. The van der Waals surface area contributed by atoms with Gasteiger partial charge in [-0.25, -0.2) is 4.99 Å². The van der Waals surface area contributed by atoms with Crippen LogP contribution in [-0.2, 0) is 13.1 Å². The Kier molecular flexibility index (Phi) is 10.7. The van der Waals surface area contributed by atoms with E-state index in [2.05, 4.69) is 22.2 Å². The molecule has 0 saturated heterocycles. The number of aliphatic imine (C=N–C) groups is 1. The molecule has 0 fully saturated rings. The predicted octanol–water partition coefficient (Wildman–Crippen LogP) is 3.22. The highest BCUT2D eigenvalue weighted by atomic mass is 127. The maximum absolute atomic E-state index is 11.1. The van der Waals surface area contributed by atoms with Gasteiger partial charge < -0.3 is 21.1 Å². The van der Waals surface area contributed by atoms with Gasteiger partial charge in [-0.05, 0) is 30.7 Å². The van der Waals surface area contributed by atoms with Crippen LogP contribution >= 0.6 is 24.0 Å². The Labute approximate surface area is 183 Å². The lowest BCUT2D eigenvalue weighted by molar-refractivity contribution is 0.100. The molecule has 0 aromatic heterocycles. The van der Waals surface area contributed by atoms with E-state index in [0.29, 0.717) is 31.2 Å². The van der Waals surface area contributed by atoms with Gasteiger partial charge in [0.1, 0.15) is 12.4 Å². The van der Waals surface area contributed by atoms with Crippen LogP contribution in [0.4, 0.5) is 0 Å². The Balaban J connectivity index is 0.00000392. The van der Waals surface area contributed by atoms with Gasteiger partial charge in [-0.15, -0.1) is 24.0 Å². The third-order valence-electron chi connectivity index (χ3n) is 3.78. The maximum atomic E-state index is 11.1. The van der Waals surface area contributed by atoms with Gasteiger partial charge in [0, 0.05) is 24.2 Å². The van der Waals surface area contributed by atoms with Crippen molar-refractivity contribution in [1.82, 2.24) is 10.6 Å². The standard InChI is InChI=1S/C21H26N4O2.HI/c1-3-13-27-19-8-6-5-7-18(19)15-25-21(23-4-2)24-14-16-9-11-17(12-10-16)20(22)26;/h3,5-12H,1,4,13-15H2,2H3,(H2,22,26)(H2,23,24,25);1H. The van der Waals surface area contributed by atoms with Crippen LogP contribution in [0.2, 0.25) is 0 Å². The molecular formula is C21H27IN4O2. The third kappa shape index (κ3) is 7.59. The fraction of sp³-hybridized carbons (Fsp3) is 0.238. The highest BCUT2D eigenvalue weighted by Gasteiger charge is 2.05. The lowest BCUT2D eigenvalue weighted by Crippen LogP contribution is -2.36. The fourth-order valence-electron chi connectivity index (χ4n) is 2.40. The van der Waals surface area contributed by atoms with E-state index in [4.69, 9.17) is 10.5 Å². The Hall–Kier alpha value is -2.55. The second-order valence-electron chi connectivity index (χ2n) is 5.82. The molecule has 0 bridgehead atoms. The number of nitrogens with one attached hydrogen (secondary N) is 2. The molecule has 1 amide bonds. The first-order valence-corrected chi connectivity index (χ1v) is 8.86. The average molecular weight is 494 g/mol. The largest absolute Gasteiger partial charge is 0.489 e. The van der Waals surface area contributed by atoms with E-state index in [1.165, 1.54) is 0 Å². The molecule has 7 heteroatoms. The van der Waals surface area contributed by atoms with E-state index in [9.17, 15) is 4.79 Å². The van der Waals surface area contributed by atoms with E-state index in [1.54, 1.807) is 18.2 Å². The number of halogens is 1. The van der Waals surface area contributed by atoms with Crippen molar-refractivity contribution in [2.24, 2.45) is 10.7 Å². The summed E-state index contributed by atoms with van der Waals surface area (Å²) in [5.41, 5.74) is 7.78. The van der Waals surface area contributed by atoms with Crippen LogP contribution < -0.4 is 21.1 Å². The molecule has 2 aromatic rings. The van der Waals surface area contributed by atoms with Gasteiger partial charge in [-0.1, -0.05) is 43.0 Å². The van der Waals surface area contributed by atoms with Crippen molar-refractivity contribution >= 4 is 35.8 Å². The zero-order valence-electron chi connectivity index (χ0n) is 16.0. The van der Waals surface area contributed by atoms with Crippen LogP contribution in [0.25, 0.3) is 0 Å². The SMILES string of the molecule is C=CCOc1ccccc1CNC(=NCc1ccc(C(N)=O)cc1)NCC.I. The number of nitrogens with two attached hydrogens (primary N) is 1. The summed E-state index contributed by atoms with van der Waals surface area (Å²) in [5, 5.41) is 6.54. The zero-order chi connectivity index (χ0) is 19.5. The second-order valence-corrected chi connectivity index (χ2v) is 5.82. The molecule has 0 heterocycles. The molecule has 150 valence electrons. The summed E-state index contributed by atoms with van der Waals surface area (Å²) < 4.78 is 5.68. The van der Waals surface area contributed by atoms with Crippen molar-refractivity contribution in [2.75, 3.05) is 13.2 Å². The van der Waals surface area contributed by atoms with Crippen molar-refractivity contribution in [3.63, 3.8) is 0 Å². The van der Waals surface area contributed by atoms with Crippen LogP contribution in [0, 0.1) is 0 Å². The van der Waals surface area contributed by atoms with Crippen molar-refractivity contribution in [2.45, 2.75) is 20.0 Å². The van der Waals surface area contributed by atoms with E-state index in [-0.39, 0.29) is 24.0 Å². The highest BCUT2D eigenvalue weighted by molar-refractivity contribution is 14.0. The van der Waals surface area contributed by atoms with Crippen LogP contribution in [-0.4, -0.2) is 25.0 Å². The molecular weight excluding hydrogens is 467 g/mol. The highest BCUT2D eigenvalue weighted by Crippen LogP contribution is 2.17. The lowest BCUT2D eigenvalue weighted by atomic mass is 10.1. The van der Waals surface area contributed by atoms with Gasteiger partial charge in [0.25, 0.3) is 0 Å². The smallest absolute Gasteiger partial charge is 0.248 e. The number of rotatable bonds is 9. The number of ether oxygens (including phenoxy) is 1. The van der Waals surface area contributed by atoms with Gasteiger partial charge in [0.05, 0.1) is 6.54 Å². The third-order valence-corrected chi connectivity index (χ3v) is 3.78. The Morgan fingerprint density at radius 3 is 2.54 bits per heavy atom. The number of hydrogen-bond acceptors (Lipinski definition) is 3. The van der Waals surface area contributed by atoms with Crippen molar-refractivity contribution < 1.29 is 9.53 Å². The van der Waals surface area contributed by atoms with Gasteiger partial charge in [-0.3, -0.25) is 4.79 Å². The molecule has 0 atom stereocenters.